The van der Waals surface area contributed by atoms with Crippen molar-refractivity contribution < 1.29 is 22.7 Å². The second-order valence-corrected chi connectivity index (χ2v) is 3.75. The van der Waals surface area contributed by atoms with Crippen molar-refractivity contribution in [1.82, 2.24) is 0 Å². The van der Waals surface area contributed by atoms with Gasteiger partial charge in [-0.25, -0.2) is 0 Å². The lowest BCUT2D eigenvalue weighted by Crippen LogP contribution is -2.19. The van der Waals surface area contributed by atoms with Crippen LogP contribution in [0.15, 0.2) is 18.2 Å². The zero-order chi connectivity index (χ0) is 13.2. The fourth-order valence-corrected chi connectivity index (χ4v) is 1.37. The number of ether oxygens (including phenoxy) is 1. The molecule has 7 heteroatoms. The molecule has 0 saturated carbocycles. The molecule has 0 bridgehead atoms. The lowest BCUT2D eigenvalue weighted by Gasteiger charge is -2.15. The van der Waals surface area contributed by atoms with Crippen LogP contribution in [-0.4, -0.2) is 12.1 Å². The molecule has 0 amide bonds. The molecular formula is C10H9ClF3NO2. The van der Waals surface area contributed by atoms with Gasteiger partial charge in [0, 0.05) is 11.3 Å². The van der Waals surface area contributed by atoms with Gasteiger partial charge in [0.1, 0.15) is 11.1 Å². The van der Waals surface area contributed by atoms with Crippen LogP contribution in [0.1, 0.15) is 17.9 Å². The first-order valence-corrected chi connectivity index (χ1v) is 4.94. The molecule has 0 saturated heterocycles. The van der Waals surface area contributed by atoms with Crippen molar-refractivity contribution in [2.75, 3.05) is 5.73 Å². The van der Waals surface area contributed by atoms with Gasteiger partial charge >= 0.3 is 6.36 Å². The fourth-order valence-electron chi connectivity index (χ4n) is 1.20. The first-order valence-electron chi connectivity index (χ1n) is 4.50. The molecule has 1 aromatic rings. The van der Waals surface area contributed by atoms with Crippen LogP contribution >= 0.6 is 11.6 Å². The minimum Gasteiger partial charge on any atom is -0.405 e. The molecule has 3 nitrogen and oxygen atoms in total. The van der Waals surface area contributed by atoms with E-state index in [9.17, 15) is 18.0 Å². The van der Waals surface area contributed by atoms with Crippen LogP contribution in [0.25, 0.3) is 0 Å². The van der Waals surface area contributed by atoms with Crippen LogP contribution in [0.5, 0.6) is 5.75 Å². The van der Waals surface area contributed by atoms with Crippen LogP contribution < -0.4 is 10.5 Å². The lowest BCUT2D eigenvalue weighted by atomic mass is 10.1. The fraction of sp³-hybridized carbons (Fsp3) is 0.300. The van der Waals surface area contributed by atoms with E-state index in [0.717, 1.165) is 13.0 Å². The average Bonchev–Trinajstić information content (AvgIpc) is 2.17. The maximum absolute atomic E-state index is 12.1. The first kappa shape index (κ1) is 13.6. The topological polar surface area (TPSA) is 52.3 Å². The van der Waals surface area contributed by atoms with Gasteiger partial charge < -0.3 is 10.5 Å². The van der Waals surface area contributed by atoms with Crippen LogP contribution in [0.4, 0.5) is 18.9 Å². The number of carbonyl (C=O) groups excluding carboxylic acids is 1. The van der Waals surface area contributed by atoms with Gasteiger partial charge in [-0.3, -0.25) is 4.79 Å². The summed E-state index contributed by atoms with van der Waals surface area (Å²) in [5.74, 6) is -1.02. The van der Waals surface area contributed by atoms with Gasteiger partial charge in [-0.05, 0) is 25.1 Å². The third kappa shape index (κ3) is 3.81. The Hall–Kier alpha value is -1.43. The number of nitrogens with two attached hydrogens (primary N) is 1. The van der Waals surface area contributed by atoms with E-state index in [2.05, 4.69) is 4.74 Å². The van der Waals surface area contributed by atoms with E-state index in [4.69, 9.17) is 17.3 Å². The number of hydrogen-bond donors (Lipinski definition) is 1. The van der Waals surface area contributed by atoms with E-state index in [1.54, 1.807) is 0 Å². The highest BCUT2D eigenvalue weighted by atomic mass is 35.5. The van der Waals surface area contributed by atoms with Gasteiger partial charge in [0.15, 0.2) is 5.78 Å². The van der Waals surface area contributed by atoms with Crippen LogP contribution in [0.3, 0.4) is 0 Å². The zero-order valence-electron chi connectivity index (χ0n) is 8.72. The predicted octanol–water partition coefficient (Wildman–Crippen LogP) is 3.04. The van der Waals surface area contributed by atoms with Gasteiger partial charge in [-0.1, -0.05) is 0 Å². The highest BCUT2D eigenvalue weighted by Gasteiger charge is 2.33. The average molecular weight is 268 g/mol. The molecule has 1 rings (SSSR count). The van der Waals surface area contributed by atoms with Gasteiger partial charge in [0.05, 0.1) is 0 Å². The Morgan fingerprint density at radius 1 is 1.47 bits per heavy atom. The van der Waals surface area contributed by atoms with Gasteiger partial charge in [0.25, 0.3) is 0 Å². The van der Waals surface area contributed by atoms with Crippen molar-refractivity contribution in [2.45, 2.75) is 18.7 Å². The maximum atomic E-state index is 12.1. The second kappa shape index (κ2) is 4.83. The Bertz CT molecular complexity index is 434. The van der Waals surface area contributed by atoms with Crippen LogP contribution in [-0.2, 0) is 4.79 Å². The number of anilines is 1. The molecular weight excluding hydrogens is 259 g/mol. The van der Waals surface area contributed by atoms with Gasteiger partial charge in [-0.2, -0.15) is 0 Å². The van der Waals surface area contributed by atoms with Gasteiger partial charge in [0.2, 0.25) is 0 Å². The number of ketones is 1. The molecule has 0 heterocycles. The number of benzene rings is 1. The van der Waals surface area contributed by atoms with E-state index in [1.165, 1.54) is 12.1 Å². The minimum absolute atomic E-state index is 0.100. The summed E-state index contributed by atoms with van der Waals surface area (Å²) in [5.41, 5.74) is 5.52. The number of Topliss-reactive ketones (excluding diaryl/α,β-unsaturated/α-hetero) is 1. The van der Waals surface area contributed by atoms with Crippen molar-refractivity contribution in [3.63, 3.8) is 0 Å². The normalized spacial score (nSPS) is 13.2. The monoisotopic (exact) mass is 267 g/mol. The molecule has 0 spiro atoms. The number of halogens is 4. The molecule has 0 aliphatic rings. The highest BCUT2D eigenvalue weighted by Crippen LogP contribution is 2.35. The summed E-state index contributed by atoms with van der Waals surface area (Å²) in [6, 6.07) is 3.44. The Balaban J connectivity index is 3.17. The van der Waals surface area contributed by atoms with E-state index in [1.807, 2.05) is 0 Å². The molecule has 0 radical (unpaired) electrons. The number of rotatable bonds is 3. The molecule has 0 fully saturated rings. The largest absolute Gasteiger partial charge is 0.573 e. The summed E-state index contributed by atoms with van der Waals surface area (Å²) in [6.07, 6.45) is -4.85. The second-order valence-electron chi connectivity index (χ2n) is 3.32. The lowest BCUT2D eigenvalue weighted by molar-refractivity contribution is -0.274. The molecule has 1 atom stereocenters. The molecule has 0 aromatic heterocycles. The highest BCUT2D eigenvalue weighted by molar-refractivity contribution is 6.31. The maximum Gasteiger partial charge on any atom is 0.573 e. The van der Waals surface area contributed by atoms with Crippen molar-refractivity contribution in [1.29, 1.82) is 0 Å². The first-order chi connectivity index (χ1) is 7.70. The Morgan fingerprint density at radius 3 is 2.53 bits per heavy atom. The molecule has 17 heavy (non-hydrogen) atoms. The van der Waals surface area contributed by atoms with Crippen LogP contribution in [0, 0.1) is 0 Å². The summed E-state index contributed by atoms with van der Waals surface area (Å²) in [7, 11) is 0. The quantitative estimate of drug-likeness (QED) is 0.676. The van der Waals surface area contributed by atoms with Crippen molar-refractivity contribution in [3.05, 3.63) is 23.8 Å². The summed E-state index contributed by atoms with van der Waals surface area (Å²) in [5, 5.41) is -1.23. The number of hydrogen-bond acceptors (Lipinski definition) is 3. The number of carbonyl (C=O) groups is 1. The molecule has 2 N–H and O–H groups in total. The summed E-state index contributed by atoms with van der Waals surface area (Å²) < 4.78 is 40.1. The molecule has 0 aliphatic carbocycles. The van der Waals surface area contributed by atoms with Crippen molar-refractivity contribution in [3.8, 4) is 5.75 Å². The summed E-state index contributed by atoms with van der Waals surface area (Å²) >= 11 is 5.69. The van der Waals surface area contributed by atoms with E-state index < -0.39 is 23.3 Å². The van der Waals surface area contributed by atoms with Gasteiger partial charge in [-0.15, -0.1) is 24.8 Å². The smallest absolute Gasteiger partial charge is 0.405 e. The predicted molar refractivity (Wildman–Crippen MR) is 56.8 cm³/mol. The molecule has 1 unspecified atom stereocenters. The summed E-state index contributed by atoms with van der Waals surface area (Å²) in [6.45, 7) is 1.16. The van der Waals surface area contributed by atoms with E-state index in [-0.39, 0.29) is 11.3 Å². The van der Waals surface area contributed by atoms with E-state index >= 15 is 0 Å². The number of alkyl halides is 4. The molecule has 94 valence electrons. The van der Waals surface area contributed by atoms with Crippen LogP contribution in [0.2, 0.25) is 0 Å². The molecule has 1 aromatic carbocycles. The van der Waals surface area contributed by atoms with E-state index in [0.29, 0.717) is 0 Å². The third-order valence-electron chi connectivity index (χ3n) is 1.89. The number of nitrogen functional groups attached to an aromatic ring is 1. The Kier molecular flexibility index (Phi) is 3.87. The summed E-state index contributed by atoms with van der Waals surface area (Å²) in [4.78, 5) is 11.1. The molecule has 0 aliphatic heterocycles. The zero-order valence-corrected chi connectivity index (χ0v) is 9.47. The van der Waals surface area contributed by atoms with Crippen molar-refractivity contribution >= 4 is 23.1 Å². The standard InChI is InChI=1S/C10H9ClF3NO2/c1-5(16)9(11)7-4-6(15)2-3-8(7)17-10(12,13)14/h2-4,9H,15H2,1H3. The third-order valence-corrected chi connectivity index (χ3v) is 2.43. The Morgan fingerprint density at radius 2 is 2.06 bits per heavy atom. The SMILES string of the molecule is CC(=O)C(Cl)c1cc(N)ccc1OC(F)(F)F. The minimum atomic E-state index is -4.85. The van der Waals surface area contributed by atoms with Crippen molar-refractivity contribution in [2.24, 2.45) is 0 Å². The Labute approximate surface area is 100 Å².